The number of nitrogens with zero attached hydrogens (tertiary/aromatic N) is 1. The van der Waals surface area contributed by atoms with Crippen molar-refractivity contribution in [3.8, 4) is 0 Å². The molecule has 3 saturated carbocycles. The first-order valence-corrected chi connectivity index (χ1v) is 10.2. The summed E-state index contributed by atoms with van der Waals surface area (Å²) < 4.78 is 13.0. The van der Waals surface area contributed by atoms with Crippen LogP contribution in [0.3, 0.4) is 0 Å². The van der Waals surface area contributed by atoms with Crippen molar-refractivity contribution >= 4 is 40.7 Å². The second kappa shape index (κ2) is 7.58. The highest BCUT2D eigenvalue weighted by Crippen LogP contribution is 2.62. The molecule has 1 aromatic heterocycles. The Morgan fingerprint density at radius 2 is 1.83 bits per heavy atom. The number of anilines is 1. The number of amides is 2. The number of rotatable bonds is 5. The lowest BCUT2D eigenvalue weighted by molar-refractivity contribution is -0.125. The molecule has 3 aliphatic rings. The lowest BCUT2D eigenvalue weighted by Crippen LogP contribution is -2.41. The highest BCUT2D eigenvalue weighted by molar-refractivity contribution is 6.41. The molecule has 5 rings (SSSR count). The van der Waals surface area contributed by atoms with E-state index in [9.17, 15) is 14.0 Å². The Labute approximate surface area is 178 Å². The number of pyridine rings is 1. The molecule has 2 atom stereocenters. The van der Waals surface area contributed by atoms with Crippen LogP contribution in [0.1, 0.15) is 36.7 Å². The third-order valence-electron chi connectivity index (χ3n) is 6.31. The van der Waals surface area contributed by atoms with Crippen LogP contribution in [-0.4, -0.2) is 22.8 Å². The van der Waals surface area contributed by atoms with Gasteiger partial charge in [-0.25, -0.2) is 9.37 Å². The van der Waals surface area contributed by atoms with Crippen molar-refractivity contribution in [2.24, 2.45) is 17.3 Å². The van der Waals surface area contributed by atoms with Crippen LogP contribution in [0.25, 0.3) is 0 Å². The maximum absolute atomic E-state index is 13.0. The summed E-state index contributed by atoms with van der Waals surface area (Å²) in [5, 5.41) is 6.28. The minimum atomic E-state index is -0.345. The molecule has 2 aromatic rings. The number of carbonyl (C=O) groups is 2. The maximum Gasteiger partial charge on any atom is 0.270 e. The second-order valence-corrected chi connectivity index (χ2v) is 8.77. The second-order valence-electron chi connectivity index (χ2n) is 8.00. The zero-order valence-corrected chi connectivity index (χ0v) is 17.2. The molecule has 2 bridgehead atoms. The largest absolute Gasteiger partial charge is 0.348 e. The van der Waals surface area contributed by atoms with Gasteiger partial charge in [-0.3, -0.25) is 9.59 Å². The van der Waals surface area contributed by atoms with E-state index in [1.165, 1.54) is 18.2 Å². The zero-order valence-electron chi connectivity index (χ0n) is 15.7. The average molecular weight is 436 g/mol. The normalized spacial score (nSPS) is 25.8. The summed E-state index contributed by atoms with van der Waals surface area (Å²) in [6, 6.07) is 8.81. The predicted octanol–water partition coefficient (Wildman–Crippen LogP) is 4.70. The van der Waals surface area contributed by atoms with E-state index in [-0.39, 0.29) is 45.9 Å². The molecular formula is C21H20Cl2FN3O2. The highest BCUT2D eigenvalue weighted by Gasteiger charge is 2.60. The smallest absolute Gasteiger partial charge is 0.270 e. The fourth-order valence-electron chi connectivity index (χ4n) is 4.59. The van der Waals surface area contributed by atoms with E-state index in [0.29, 0.717) is 16.6 Å². The van der Waals surface area contributed by atoms with Crippen LogP contribution in [0, 0.1) is 23.1 Å². The Bertz CT molecular complexity index is 961. The molecule has 1 heterocycles. The molecule has 8 heteroatoms. The van der Waals surface area contributed by atoms with Gasteiger partial charge in [0.25, 0.3) is 5.91 Å². The Kier molecular flexibility index (Phi) is 5.25. The van der Waals surface area contributed by atoms with Crippen molar-refractivity contribution in [3.05, 3.63) is 58.1 Å². The lowest BCUT2D eigenvalue weighted by atomic mass is 9.62. The molecule has 0 unspecified atom stereocenters. The van der Waals surface area contributed by atoms with Crippen molar-refractivity contribution in [2.75, 3.05) is 5.32 Å². The third-order valence-corrected chi connectivity index (χ3v) is 7.00. The van der Waals surface area contributed by atoms with Gasteiger partial charge in [-0.1, -0.05) is 30.1 Å². The van der Waals surface area contributed by atoms with Crippen LogP contribution in [-0.2, 0) is 4.79 Å². The number of halogens is 3. The van der Waals surface area contributed by atoms with Crippen molar-refractivity contribution in [1.82, 2.24) is 10.3 Å². The van der Waals surface area contributed by atoms with Crippen molar-refractivity contribution in [2.45, 2.75) is 32.2 Å². The number of hydrogen-bond acceptors (Lipinski definition) is 3. The number of carbonyl (C=O) groups excluding carboxylic acids is 2. The van der Waals surface area contributed by atoms with E-state index in [0.717, 1.165) is 19.3 Å². The Morgan fingerprint density at radius 1 is 1.14 bits per heavy atom. The first-order chi connectivity index (χ1) is 13.8. The van der Waals surface area contributed by atoms with Gasteiger partial charge in [0, 0.05) is 17.6 Å². The molecule has 29 heavy (non-hydrogen) atoms. The molecule has 0 saturated heterocycles. The Balaban J connectivity index is 1.37. The van der Waals surface area contributed by atoms with Crippen molar-refractivity contribution in [1.29, 1.82) is 0 Å². The van der Waals surface area contributed by atoms with Crippen LogP contribution in [0.5, 0.6) is 0 Å². The van der Waals surface area contributed by atoms with Gasteiger partial charge in [0.2, 0.25) is 5.91 Å². The number of hydrogen-bond donors (Lipinski definition) is 2. The fourth-order valence-corrected chi connectivity index (χ4v) is 4.85. The number of aromatic nitrogens is 1. The lowest BCUT2D eigenvalue weighted by Gasteiger charge is -2.42. The van der Waals surface area contributed by atoms with E-state index >= 15 is 0 Å². The molecule has 2 amide bonds. The quantitative estimate of drug-likeness (QED) is 0.668. The van der Waals surface area contributed by atoms with Gasteiger partial charge >= 0.3 is 0 Å². The molecule has 5 nitrogen and oxygen atoms in total. The minimum Gasteiger partial charge on any atom is -0.348 e. The number of fused-ring (bicyclic) bond motifs is 1. The maximum atomic E-state index is 13.0. The molecule has 3 fully saturated rings. The molecule has 2 N–H and O–H groups in total. The van der Waals surface area contributed by atoms with Gasteiger partial charge in [-0.05, 0) is 67.0 Å². The third kappa shape index (κ3) is 3.83. The average Bonchev–Trinajstić information content (AvgIpc) is 3.20. The predicted molar refractivity (Wildman–Crippen MR) is 109 cm³/mol. The van der Waals surface area contributed by atoms with E-state index < -0.39 is 0 Å². The summed E-state index contributed by atoms with van der Waals surface area (Å²) in [5.74, 6) is -0.591. The topological polar surface area (TPSA) is 71.1 Å². The zero-order chi connectivity index (χ0) is 20.8. The molecule has 0 aliphatic heterocycles. The van der Waals surface area contributed by atoms with E-state index in [2.05, 4.69) is 15.6 Å². The van der Waals surface area contributed by atoms with Gasteiger partial charge in [-0.15, -0.1) is 0 Å². The van der Waals surface area contributed by atoms with E-state index in [1.807, 2.05) is 6.92 Å². The molecule has 3 aliphatic carbocycles. The molecule has 1 aromatic carbocycles. The van der Waals surface area contributed by atoms with E-state index in [4.69, 9.17) is 23.2 Å². The van der Waals surface area contributed by atoms with Crippen LogP contribution in [0.15, 0.2) is 36.4 Å². The summed E-state index contributed by atoms with van der Waals surface area (Å²) >= 11 is 11.7. The molecule has 0 spiro atoms. The van der Waals surface area contributed by atoms with Gasteiger partial charge in [0.15, 0.2) is 0 Å². The van der Waals surface area contributed by atoms with Crippen LogP contribution < -0.4 is 10.6 Å². The summed E-state index contributed by atoms with van der Waals surface area (Å²) in [4.78, 5) is 29.2. The summed E-state index contributed by atoms with van der Waals surface area (Å²) in [6.07, 6.45) is 2.53. The van der Waals surface area contributed by atoms with Gasteiger partial charge < -0.3 is 10.6 Å². The van der Waals surface area contributed by atoms with Gasteiger partial charge in [-0.2, -0.15) is 0 Å². The minimum absolute atomic E-state index is 0.000162. The summed E-state index contributed by atoms with van der Waals surface area (Å²) in [6.45, 7) is 1.92. The summed E-state index contributed by atoms with van der Waals surface area (Å²) in [5.41, 5.74) is 0.668. The fraction of sp³-hybridized carbons (Fsp3) is 0.381. The summed E-state index contributed by atoms with van der Waals surface area (Å²) in [7, 11) is 0. The van der Waals surface area contributed by atoms with Crippen LogP contribution in [0.4, 0.5) is 10.1 Å². The van der Waals surface area contributed by atoms with E-state index in [1.54, 1.807) is 18.2 Å². The van der Waals surface area contributed by atoms with Crippen molar-refractivity contribution < 1.29 is 14.0 Å². The standard InChI is InChI=1S/C21H20Cl2FN3O2/c1-11(19(28)25-14-4-2-13(24)3-5-14)21-8-12(9-21)17(10-21)27-20(29)16-7-6-15(22)18(23)26-16/h2-7,11-12,17H,8-10H2,1H3,(H,25,28)(H,27,29)/t11-,12?,17+,21?/m1/s1. The first kappa shape index (κ1) is 20.1. The van der Waals surface area contributed by atoms with Crippen LogP contribution in [0.2, 0.25) is 10.2 Å². The Morgan fingerprint density at radius 3 is 2.48 bits per heavy atom. The van der Waals surface area contributed by atoms with Crippen molar-refractivity contribution in [3.63, 3.8) is 0 Å². The number of nitrogens with one attached hydrogen (secondary N) is 2. The van der Waals surface area contributed by atoms with Gasteiger partial charge in [0.1, 0.15) is 16.7 Å². The monoisotopic (exact) mass is 435 g/mol. The first-order valence-electron chi connectivity index (χ1n) is 9.47. The molecular weight excluding hydrogens is 416 g/mol. The molecule has 0 radical (unpaired) electrons. The SMILES string of the molecule is C[C@H](C(=O)Nc1ccc(F)cc1)C12CC(C1)[C@@H](NC(=O)c1ccc(Cl)c(Cl)n1)C2. The molecule has 152 valence electrons. The van der Waals surface area contributed by atoms with Gasteiger partial charge in [0.05, 0.1) is 5.02 Å². The highest BCUT2D eigenvalue weighted by atomic mass is 35.5. The Hall–Kier alpha value is -2.18. The van der Waals surface area contributed by atoms with Crippen LogP contribution >= 0.6 is 23.2 Å². The number of benzene rings is 1.